The van der Waals surface area contributed by atoms with Crippen LogP contribution in [0, 0.1) is 12.8 Å². The van der Waals surface area contributed by atoms with Gasteiger partial charge in [0, 0.05) is 5.92 Å². The molecule has 4 heteroatoms. The van der Waals surface area contributed by atoms with E-state index in [4.69, 9.17) is 4.18 Å². The lowest BCUT2D eigenvalue weighted by atomic mass is 9.84. The van der Waals surface area contributed by atoms with E-state index < -0.39 is 16.2 Å². The SMILES string of the molecule is C=C(C)[C@@H]1CCC(C)=CC1OS(=O)(=O)c1ccc(C)cc1. The first-order chi connectivity index (χ1) is 9.79. The minimum Gasteiger partial charge on any atom is -0.258 e. The van der Waals surface area contributed by atoms with Gasteiger partial charge in [0.05, 0.1) is 4.90 Å². The van der Waals surface area contributed by atoms with Crippen molar-refractivity contribution < 1.29 is 12.6 Å². The van der Waals surface area contributed by atoms with Crippen LogP contribution in [0.25, 0.3) is 0 Å². The van der Waals surface area contributed by atoms with Gasteiger partial charge < -0.3 is 0 Å². The summed E-state index contributed by atoms with van der Waals surface area (Å²) in [5.41, 5.74) is 3.14. The maximum absolute atomic E-state index is 12.4. The molecular weight excluding hydrogens is 284 g/mol. The van der Waals surface area contributed by atoms with Crippen molar-refractivity contribution in [2.75, 3.05) is 0 Å². The fourth-order valence-electron chi connectivity index (χ4n) is 2.56. The zero-order valence-electron chi connectivity index (χ0n) is 12.8. The predicted octanol–water partition coefficient (Wildman–Crippen LogP) is 4.00. The quantitative estimate of drug-likeness (QED) is 0.624. The average molecular weight is 306 g/mol. The van der Waals surface area contributed by atoms with Crippen molar-refractivity contribution in [2.45, 2.75) is 44.6 Å². The van der Waals surface area contributed by atoms with Crippen LogP contribution in [0.3, 0.4) is 0 Å². The van der Waals surface area contributed by atoms with Crippen molar-refractivity contribution in [3.05, 3.63) is 53.6 Å². The molecule has 0 heterocycles. The second-order valence-corrected chi connectivity index (χ2v) is 7.40. The second kappa shape index (κ2) is 6.16. The maximum atomic E-state index is 12.4. The molecule has 0 fully saturated rings. The van der Waals surface area contributed by atoms with Gasteiger partial charge in [0.1, 0.15) is 6.10 Å². The van der Waals surface area contributed by atoms with Crippen molar-refractivity contribution >= 4 is 10.1 Å². The van der Waals surface area contributed by atoms with Crippen molar-refractivity contribution in [2.24, 2.45) is 5.92 Å². The Balaban J connectivity index is 2.27. The second-order valence-electron chi connectivity index (χ2n) is 5.83. The molecule has 1 aliphatic rings. The molecule has 0 saturated carbocycles. The van der Waals surface area contributed by atoms with Crippen LogP contribution in [0.15, 0.2) is 53.0 Å². The van der Waals surface area contributed by atoms with Crippen molar-refractivity contribution in [3.8, 4) is 0 Å². The molecule has 114 valence electrons. The Labute approximate surface area is 127 Å². The third-order valence-corrected chi connectivity index (χ3v) is 5.20. The van der Waals surface area contributed by atoms with Crippen LogP contribution in [-0.2, 0) is 14.3 Å². The smallest absolute Gasteiger partial charge is 0.258 e. The van der Waals surface area contributed by atoms with E-state index in [1.165, 1.54) is 0 Å². The number of hydrogen-bond acceptors (Lipinski definition) is 3. The molecule has 0 N–H and O–H groups in total. The monoisotopic (exact) mass is 306 g/mol. The van der Waals surface area contributed by atoms with Gasteiger partial charge in [-0.15, -0.1) is 0 Å². The molecule has 1 aromatic carbocycles. The number of hydrogen-bond donors (Lipinski definition) is 0. The van der Waals surface area contributed by atoms with Crippen LogP contribution in [0.1, 0.15) is 32.3 Å². The number of benzene rings is 1. The first-order valence-electron chi connectivity index (χ1n) is 7.12. The molecular formula is C17H22O3S. The van der Waals surface area contributed by atoms with Gasteiger partial charge in [-0.25, -0.2) is 0 Å². The molecule has 0 aromatic heterocycles. The minimum atomic E-state index is -3.75. The van der Waals surface area contributed by atoms with E-state index in [1.54, 1.807) is 24.3 Å². The molecule has 1 unspecified atom stereocenters. The molecule has 1 aliphatic carbocycles. The Kier molecular flexibility index (Phi) is 4.69. The van der Waals surface area contributed by atoms with Crippen LogP contribution >= 0.6 is 0 Å². The Morgan fingerprint density at radius 2 is 1.86 bits per heavy atom. The highest BCUT2D eigenvalue weighted by Gasteiger charge is 2.30. The van der Waals surface area contributed by atoms with E-state index in [0.717, 1.165) is 29.6 Å². The molecule has 1 aromatic rings. The Morgan fingerprint density at radius 1 is 1.24 bits per heavy atom. The zero-order chi connectivity index (χ0) is 15.6. The predicted molar refractivity (Wildman–Crippen MR) is 84.5 cm³/mol. The van der Waals surface area contributed by atoms with Gasteiger partial charge in [0.15, 0.2) is 0 Å². The summed E-state index contributed by atoms with van der Waals surface area (Å²) in [5.74, 6) is 0.0499. The van der Waals surface area contributed by atoms with Gasteiger partial charge in [-0.3, -0.25) is 4.18 Å². The molecule has 0 saturated heterocycles. The number of rotatable bonds is 4. The van der Waals surface area contributed by atoms with Gasteiger partial charge in [-0.1, -0.05) is 41.5 Å². The fourth-order valence-corrected chi connectivity index (χ4v) is 3.62. The lowest BCUT2D eigenvalue weighted by Crippen LogP contribution is -2.29. The Bertz CT molecular complexity index is 654. The lowest BCUT2D eigenvalue weighted by molar-refractivity contribution is 0.189. The third-order valence-electron chi connectivity index (χ3n) is 3.88. The topological polar surface area (TPSA) is 43.4 Å². The molecule has 0 aliphatic heterocycles. The zero-order valence-corrected chi connectivity index (χ0v) is 13.6. The van der Waals surface area contributed by atoms with Gasteiger partial charge >= 0.3 is 0 Å². The van der Waals surface area contributed by atoms with E-state index in [2.05, 4.69) is 6.58 Å². The summed E-state index contributed by atoms with van der Waals surface area (Å²) in [6.45, 7) is 9.81. The van der Waals surface area contributed by atoms with Gasteiger partial charge in [-0.2, -0.15) is 8.42 Å². The molecule has 2 rings (SSSR count). The maximum Gasteiger partial charge on any atom is 0.297 e. The Hall–Kier alpha value is -1.39. The fraction of sp³-hybridized carbons (Fsp3) is 0.412. The van der Waals surface area contributed by atoms with Gasteiger partial charge in [-0.05, 0) is 45.7 Å². The molecule has 0 radical (unpaired) electrons. The molecule has 0 amide bonds. The highest BCUT2D eigenvalue weighted by atomic mass is 32.2. The van der Waals surface area contributed by atoms with Gasteiger partial charge in [0.2, 0.25) is 0 Å². The van der Waals surface area contributed by atoms with Crippen LogP contribution < -0.4 is 0 Å². The average Bonchev–Trinajstić information content (AvgIpc) is 2.38. The van der Waals surface area contributed by atoms with Crippen molar-refractivity contribution in [3.63, 3.8) is 0 Å². The normalized spacial score (nSPS) is 22.7. The minimum absolute atomic E-state index is 0.0499. The van der Waals surface area contributed by atoms with Crippen LogP contribution in [0.2, 0.25) is 0 Å². The standard InChI is InChI=1S/C17H22O3S/c1-12(2)16-10-7-14(4)11-17(16)20-21(18,19)15-8-5-13(3)6-9-15/h5-6,8-9,11,16-17H,1,7,10H2,2-4H3/t16-,17?/m0/s1. The van der Waals surface area contributed by atoms with Crippen molar-refractivity contribution in [1.29, 1.82) is 0 Å². The first kappa shape index (κ1) is 16.0. The van der Waals surface area contributed by atoms with Crippen LogP contribution in [0.5, 0.6) is 0 Å². The van der Waals surface area contributed by atoms with E-state index in [0.29, 0.717) is 0 Å². The lowest BCUT2D eigenvalue weighted by Gasteiger charge is -2.29. The molecule has 0 spiro atoms. The summed E-state index contributed by atoms with van der Waals surface area (Å²) in [7, 11) is -3.75. The van der Waals surface area contributed by atoms with E-state index >= 15 is 0 Å². The summed E-state index contributed by atoms with van der Waals surface area (Å²) in [6.07, 6.45) is 3.30. The van der Waals surface area contributed by atoms with E-state index in [1.807, 2.05) is 26.8 Å². The van der Waals surface area contributed by atoms with Gasteiger partial charge in [0.25, 0.3) is 10.1 Å². The highest BCUT2D eigenvalue weighted by Crippen LogP contribution is 2.32. The number of aryl methyl sites for hydroxylation is 1. The molecule has 0 bridgehead atoms. The molecule has 21 heavy (non-hydrogen) atoms. The third kappa shape index (κ3) is 3.83. The van der Waals surface area contributed by atoms with Crippen LogP contribution in [0.4, 0.5) is 0 Å². The summed E-state index contributed by atoms with van der Waals surface area (Å²) < 4.78 is 30.3. The molecule has 3 nitrogen and oxygen atoms in total. The largest absolute Gasteiger partial charge is 0.297 e. The van der Waals surface area contributed by atoms with E-state index in [-0.39, 0.29) is 10.8 Å². The Morgan fingerprint density at radius 3 is 2.43 bits per heavy atom. The van der Waals surface area contributed by atoms with Crippen molar-refractivity contribution in [1.82, 2.24) is 0 Å². The van der Waals surface area contributed by atoms with E-state index in [9.17, 15) is 8.42 Å². The summed E-state index contributed by atoms with van der Waals surface area (Å²) in [5, 5.41) is 0. The summed E-state index contributed by atoms with van der Waals surface area (Å²) >= 11 is 0. The number of allylic oxidation sites excluding steroid dienone is 1. The summed E-state index contributed by atoms with van der Waals surface area (Å²) in [6, 6.07) is 6.71. The van der Waals surface area contributed by atoms with Crippen LogP contribution in [-0.4, -0.2) is 14.5 Å². The summed E-state index contributed by atoms with van der Waals surface area (Å²) in [4.78, 5) is 0.199. The highest BCUT2D eigenvalue weighted by molar-refractivity contribution is 7.86. The first-order valence-corrected chi connectivity index (χ1v) is 8.53. The molecule has 2 atom stereocenters.